The van der Waals surface area contributed by atoms with Gasteiger partial charge in [-0.1, -0.05) is 6.07 Å². The molecule has 0 saturated heterocycles. The fourth-order valence-electron chi connectivity index (χ4n) is 2.02. The SMILES string of the molecule is COc1cc(C(=O)NNC(=O)[C@H](C)Oc2ccc(F)cc2)ccc1C. The summed E-state index contributed by atoms with van der Waals surface area (Å²) in [7, 11) is 1.51. The lowest BCUT2D eigenvalue weighted by molar-refractivity contribution is -0.128. The monoisotopic (exact) mass is 346 g/mol. The van der Waals surface area contributed by atoms with E-state index < -0.39 is 23.7 Å². The third kappa shape index (κ3) is 4.94. The molecule has 0 aliphatic rings. The van der Waals surface area contributed by atoms with Crippen LogP contribution in [-0.4, -0.2) is 25.0 Å². The minimum absolute atomic E-state index is 0.342. The molecule has 6 nitrogen and oxygen atoms in total. The lowest BCUT2D eigenvalue weighted by Gasteiger charge is -2.15. The van der Waals surface area contributed by atoms with Crippen LogP contribution in [0.25, 0.3) is 0 Å². The summed E-state index contributed by atoms with van der Waals surface area (Å²) in [5.74, 6) is -0.506. The van der Waals surface area contributed by atoms with Gasteiger partial charge in [-0.25, -0.2) is 4.39 Å². The Hall–Kier alpha value is -3.09. The summed E-state index contributed by atoms with van der Waals surface area (Å²) < 4.78 is 23.4. The highest BCUT2D eigenvalue weighted by Crippen LogP contribution is 2.18. The summed E-state index contributed by atoms with van der Waals surface area (Å²) in [4.78, 5) is 24.1. The van der Waals surface area contributed by atoms with Crippen molar-refractivity contribution < 1.29 is 23.5 Å². The van der Waals surface area contributed by atoms with E-state index in [1.54, 1.807) is 18.2 Å². The van der Waals surface area contributed by atoms with Crippen molar-refractivity contribution in [1.29, 1.82) is 0 Å². The van der Waals surface area contributed by atoms with Crippen LogP contribution >= 0.6 is 0 Å². The molecule has 0 aliphatic carbocycles. The predicted molar refractivity (Wildman–Crippen MR) is 89.8 cm³/mol. The van der Waals surface area contributed by atoms with Gasteiger partial charge in [-0.2, -0.15) is 0 Å². The first-order valence-corrected chi connectivity index (χ1v) is 7.57. The lowest BCUT2D eigenvalue weighted by atomic mass is 10.1. The van der Waals surface area contributed by atoms with Crippen LogP contribution in [0.5, 0.6) is 11.5 Å². The van der Waals surface area contributed by atoms with Gasteiger partial charge in [0.25, 0.3) is 11.8 Å². The number of nitrogens with one attached hydrogen (secondary N) is 2. The standard InChI is InChI=1S/C18H19FN2O4/c1-11-4-5-13(10-16(11)24-3)18(23)21-20-17(22)12(2)25-15-8-6-14(19)7-9-15/h4-10,12H,1-3H3,(H,20,22)(H,21,23)/t12-/m0/s1. The van der Waals surface area contributed by atoms with Gasteiger partial charge in [-0.15, -0.1) is 0 Å². The van der Waals surface area contributed by atoms with Crippen molar-refractivity contribution in [1.82, 2.24) is 10.9 Å². The normalized spacial score (nSPS) is 11.4. The van der Waals surface area contributed by atoms with Gasteiger partial charge in [0, 0.05) is 5.56 Å². The van der Waals surface area contributed by atoms with Gasteiger partial charge in [0.15, 0.2) is 6.10 Å². The number of carbonyl (C=O) groups is 2. The van der Waals surface area contributed by atoms with Crippen molar-refractivity contribution in [3.05, 3.63) is 59.4 Å². The van der Waals surface area contributed by atoms with Crippen LogP contribution in [0.1, 0.15) is 22.8 Å². The summed E-state index contributed by atoms with van der Waals surface area (Å²) in [5.41, 5.74) is 5.83. The highest BCUT2D eigenvalue weighted by molar-refractivity contribution is 5.96. The molecule has 2 rings (SSSR count). The minimum atomic E-state index is -0.877. The molecule has 0 radical (unpaired) electrons. The van der Waals surface area contributed by atoms with Crippen LogP contribution in [-0.2, 0) is 4.79 Å². The molecular formula is C18H19FN2O4. The van der Waals surface area contributed by atoms with E-state index in [1.165, 1.54) is 38.3 Å². The first-order valence-electron chi connectivity index (χ1n) is 7.57. The summed E-state index contributed by atoms with van der Waals surface area (Å²) in [6.07, 6.45) is -0.877. The Kier molecular flexibility index (Phi) is 5.94. The molecule has 0 aliphatic heterocycles. The number of benzene rings is 2. The van der Waals surface area contributed by atoms with Crippen LogP contribution in [0.3, 0.4) is 0 Å². The van der Waals surface area contributed by atoms with Crippen LogP contribution < -0.4 is 20.3 Å². The van der Waals surface area contributed by atoms with Crippen molar-refractivity contribution in [3.63, 3.8) is 0 Å². The largest absolute Gasteiger partial charge is 0.496 e. The van der Waals surface area contributed by atoms with Crippen molar-refractivity contribution in [2.45, 2.75) is 20.0 Å². The number of rotatable bonds is 5. The molecule has 0 saturated carbocycles. The molecule has 0 bridgehead atoms. The maximum absolute atomic E-state index is 12.8. The van der Waals surface area contributed by atoms with Gasteiger partial charge in [0.05, 0.1) is 7.11 Å². The Morgan fingerprint density at radius 2 is 1.76 bits per heavy atom. The molecule has 0 fully saturated rings. The average Bonchev–Trinajstić information content (AvgIpc) is 2.61. The molecular weight excluding hydrogens is 327 g/mol. The van der Waals surface area contributed by atoms with Crippen LogP contribution in [0.2, 0.25) is 0 Å². The van der Waals surface area contributed by atoms with E-state index in [9.17, 15) is 14.0 Å². The number of ether oxygens (including phenoxy) is 2. The van der Waals surface area contributed by atoms with Gasteiger partial charge in [0.2, 0.25) is 0 Å². The number of hydrazine groups is 1. The second kappa shape index (κ2) is 8.14. The van der Waals surface area contributed by atoms with Gasteiger partial charge in [0.1, 0.15) is 17.3 Å². The second-order valence-corrected chi connectivity index (χ2v) is 5.34. The van der Waals surface area contributed by atoms with Gasteiger partial charge < -0.3 is 9.47 Å². The third-order valence-electron chi connectivity index (χ3n) is 3.47. The van der Waals surface area contributed by atoms with Crippen molar-refractivity contribution in [2.24, 2.45) is 0 Å². The van der Waals surface area contributed by atoms with E-state index in [-0.39, 0.29) is 0 Å². The Morgan fingerprint density at radius 3 is 2.40 bits per heavy atom. The average molecular weight is 346 g/mol. The van der Waals surface area contributed by atoms with E-state index in [0.717, 1.165) is 5.56 Å². The van der Waals surface area contributed by atoms with E-state index in [2.05, 4.69) is 10.9 Å². The first-order chi connectivity index (χ1) is 11.9. The molecule has 2 aromatic rings. The minimum Gasteiger partial charge on any atom is -0.496 e. The topological polar surface area (TPSA) is 76.7 Å². The molecule has 0 aromatic heterocycles. The quantitative estimate of drug-likeness (QED) is 0.815. The molecule has 0 spiro atoms. The molecule has 0 heterocycles. The Bertz CT molecular complexity index is 762. The number of amides is 2. The lowest BCUT2D eigenvalue weighted by Crippen LogP contribution is -2.47. The number of hydrogen-bond acceptors (Lipinski definition) is 4. The smallest absolute Gasteiger partial charge is 0.279 e. The number of hydrogen-bond donors (Lipinski definition) is 2. The van der Waals surface area contributed by atoms with Crippen LogP contribution in [0.4, 0.5) is 4.39 Å². The number of aryl methyl sites for hydroxylation is 1. The van der Waals surface area contributed by atoms with Crippen molar-refractivity contribution >= 4 is 11.8 Å². The molecule has 1 atom stereocenters. The highest BCUT2D eigenvalue weighted by atomic mass is 19.1. The Balaban J connectivity index is 1.90. The van der Waals surface area contributed by atoms with E-state index in [0.29, 0.717) is 17.1 Å². The van der Waals surface area contributed by atoms with E-state index in [4.69, 9.17) is 9.47 Å². The maximum Gasteiger partial charge on any atom is 0.279 e. The van der Waals surface area contributed by atoms with E-state index in [1.807, 2.05) is 6.92 Å². The molecule has 2 amide bonds. The number of halogens is 1. The zero-order valence-corrected chi connectivity index (χ0v) is 14.1. The van der Waals surface area contributed by atoms with Gasteiger partial charge in [-0.3, -0.25) is 20.4 Å². The number of methoxy groups -OCH3 is 1. The summed E-state index contributed by atoms with van der Waals surface area (Å²) in [6.45, 7) is 3.37. The summed E-state index contributed by atoms with van der Waals surface area (Å²) in [5, 5.41) is 0. The fraction of sp³-hybridized carbons (Fsp3) is 0.222. The number of carbonyl (C=O) groups excluding carboxylic acids is 2. The summed E-state index contributed by atoms with van der Waals surface area (Å²) >= 11 is 0. The zero-order valence-electron chi connectivity index (χ0n) is 14.1. The third-order valence-corrected chi connectivity index (χ3v) is 3.47. The van der Waals surface area contributed by atoms with Gasteiger partial charge >= 0.3 is 0 Å². The van der Waals surface area contributed by atoms with Crippen LogP contribution in [0.15, 0.2) is 42.5 Å². The van der Waals surface area contributed by atoms with Crippen molar-refractivity contribution in [2.75, 3.05) is 7.11 Å². The molecule has 0 unspecified atom stereocenters. The summed E-state index contributed by atoms with van der Waals surface area (Å²) in [6, 6.07) is 10.2. The molecule has 2 N–H and O–H groups in total. The Labute approximate surface area is 144 Å². The highest BCUT2D eigenvalue weighted by Gasteiger charge is 2.16. The van der Waals surface area contributed by atoms with Crippen molar-refractivity contribution in [3.8, 4) is 11.5 Å². The second-order valence-electron chi connectivity index (χ2n) is 5.34. The molecule has 2 aromatic carbocycles. The maximum atomic E-state index is 12.8. The molecule has 7 heteroatoms. The molecule has 25 heavy (non-hydrogen) atoms. The fourth-order valence-corrected chi connectivity index (χ4v) is 2.02. The van der Waals surface area contributed by atoms with E-state index >= 15 is 0 Å². The predicted octanol–water partition coefficient (Wildman–Crippen LogP) is 2.37. The van der Waals surface area contributed by atoms with Gasteiger partial charge in [-0.05, 0) is 55.8 Å². The molecule has 132 valence electrons. The van der Waals surface area contributed by atoms with Crippen LogP contribution in [0, 0.1) is 12.7 Å². The first kappa shape index (κ1) is 18.3. The zero-order chi connectivity index (χ0) is 18.4. The Morgan fingerprint density at radius 1 is 1.08 bits per heavy atom.